The Morgan fingerprint density at radius 1 is 1.17 bits per heavy atom. The van der Waals surface area contributed by atoms with E-state index in [-0.39, 0.29) is 35.3 Å². The Morgan fingerprint density at radius 3 is 2.52 bits per heavy atom. The van der Waals surface area contributed by atoms with E-state index >= 15 is 0 Å². The molecular formula is C28H35F2N5O7. The van der Waals surface area contributed by atoms with Crippen molar-refractivity contribution in [1.29, 1.82) is 0 Å². The summed E-state index contributed by atoms with van der Waals surface area (Å²) in [5.74, 6) is -0.631. The number of methoxy groups -OCH3 is 1. The summed E-state index contributed by atoms with van der Waals surface area (Å²) in [6.45, 7) is 4.08. The van der Waals surface area contributed by atoms with Gasteiger partial charge in [0.15, 0.2) is 0 Å². The molecule has 4 heterocycles. The van der Waals surface area contributed by atoms with Gasteiger partial charge in [-0.05, 0) is 38.8 Å². The molecule has 0 saturated carbocycles. The first-order valence-corrected chi connectivity index (χ1v) is 14.0. The first-order valence-electron chi connectivity index (χ1n) is 14.0. The molecule has 5 atom stereocenters. The van der Waals surface area contributed by atoms with Gasteiger partial charge in [-0.3, -0.25) is 0 Å². The van der Waals surface area contributed by atoms with Crippen molar-refractivity contribution < 1.29 is 42.5 Å². The number of hydrogen-bond donors (Lipinski definition) is 2. The first-order chi connectivity index (χ1) is 20.2. The molecule has 2 aliphatic rings. The predicted molar refractivity (Wildman–Crippen MR) is 142 cm³/mol. The number of aliphatic hydroxyl groups excluding tert-OH is 2. The quantitative estimate of drug-likeness (QED) is 0.401. The molecule has 2 aliphatic heterocycles. The van der Waals surface area contributed by atoms with Crippen LogP contribution in [-0.4, -0.2) is 99.2 Å². The van der Waals surface area contributed by atoms with Gasteiger partial charge >= 0.3 is 6.09 Å². The molecule has 2 N–H and O–H groups in total. The molecule has 0 aliphatic carbocycles. The Hall–Kier alpha value is -3.46. The largest absolute Gasteiger partial charge is 0.450 e. The molecule has 42 heavy (non-hydrogen) atoms. The van der Waals surface area contributed by atoms with E-state index in [1.54, 1.807) is 11.8 Å². The summed E-state index contributed by atoms with van der Waals surface area (Å²) in [6, 6.07) is 3.35. The Morgan fingerprint density at radius 2 is 1.88 bits per heavy atom. The van der Waals surface area contributed by atoms with Crippen molar-refractivity contribution in [3.05, 3.63) is 53.0 Å². The monoisotopic (exact) mass is 591 g/mol. The van der Waals surface area contributed by atoms with E-state index in [9.17, 15) is 23.8 Å². The number of carbonyl (C=O) groups is 1. The number of aliphatic hydroxyl groups is 2. The van der Waals surface area contributed by atoms with Crippen LogP contribution in [0.25, 0.3) is 11.3 Å². The van der Waals surface area contributed by atoms with Crippen LogP contribution in [0.4, 0.5) is 13.6 Å². The van der Waals surface area contributed by atoms with Gasteiger partial charge in [-0.2, -0.15) is 0 Å². The number of piperidine rings is 1. The minimum absolute atomic E-state index is 0.0900. The van der Waals surface area contributed by atoms with E-state index in [1.165, 1.54) is 37.0 Å². The topological polar surface area (TPSA) is 145 Å². The molecule has 0 bridgehead atoms. The normalized spacial score (nSPS) is 25.1. The summed E-state index contributed by atoms with van der Waals surface area (Å²) >= 11 is 0. The molecule has 2 saturated heterocycles. The molecule has 0 unspecified atom stereocenters. The third-order valence-electron chi connectivity index (χ3n) is 8.04. The number of amides is 1. The molecule has 1 aromatic carbocycles. The second-order valence-corrected chi connectivity index (χ2v) is 10.6. The lowest BCUT2D eigenvalue weighted by atomic mass is 9.89. The highest BCUT2D eigenvalue weighted by Crippen LogP contribution is 2.35. The van der Waals surface area contributed by atoms with Crippen LogP contribution in [0, 0.1) is 18.6 Å². The number of benzene rings is 1. The highest BCUT2D eigenvalue weighted by molar-refractivity contribution is 5.67. The second kappa shape index (κ2) is 12.8. The molecule has 14 heteroatoms. The molecule has 228 valence electrons. The van der Waals surface area contributed by atoms with Gasteiger partial charge in [0.05, 0.1) is 31.2 Å². The lowest BCUT2D eigenvalue weighted by Gasteiger charge is -2.43. The molecule has 5 rings (SSSR count). The number of likely N-dealkylation sites (tertiary alicyclic amines) is 1. The average molecular weight is 592 g/mol. The minimum atomic E-state index is -1.23. The van der Waals surface area contributed by atoms with Crippen LogP contribution < -0.4 is 0 Å². The first kappa shape index (κ1) is 30.0. The summed E-state index contributed by atoms with van der Waals surface area (Å²) in [5, 5.41) is 33.5. The summed E-state index contributed by atoms with van der Waals surface area (Å²) < 4.78 is 52.3. The maximum absolute atomic E-state index is 14.2. The number of carbonyl (C=O) groups excluding carboxylic acids is 1. The summed E-state index contributed by atoms with van der Waals surface area (Å²) in [5.41, 5.74) is 0.892. The minimum Gasteiger partial charge on any atom is -0.450 e. The SMILES string of the molecule is CCOC(=O)N1CCC(c2cc(C[C@H]3O[C@H](CO)[C@H](O)[C@H](n4cc(-c5cc(F)c(C)c(F)c5)nn4)[C@H]3OC)no2)CC1. The summed E-state index contributed by atoms with van der Waals surface area (Å²) in [7, 11) is 1.47. The second-order valence-electron chi connectivity index (χ2n) is 10.6. The molecule has 2 fully saturated rings. The van der Waals surface area contributed by atoms with Crippen LogP contribution in [0.2, 0.25) is 0 Å². The smallest absolute Gasteiger partial charge is 0.409 e. The van der Waals surface area contributed by atoms with Crippen molar-refractivity contribution in [1.82, 2.24) is 25.1 Å². The van der Waals surface area contributed by atoms with Crippen molar-refractivity contribution in [3.8, 4) is 11.3 Å². The van der Waals surface area contributed by atoms with Crippen LogP contribution in [0.1, 0.15) is 48.7 Å². The zero-order chi connectivity index (χ0) is 30.0. The zero-order valence-corrected chi connectivity index (χ0v) is 23.7. The van der Waals surface area contributed by atoms with Gasteiger partial charge in [-0.25, -0.2) is 18.3 Å². The Bertz CT molecular complexity index is 1350. The fraction of sp³-hybridized carbons (Fsp3) is 0.571. The molecule has 3 aromatic rings. The Labute approximate surface area is 241 Å². The number of nitrogens with zero attached hydrogens (tertiary/aromatic N) is 5. The maximum atomic E-state index is 14.2. The van der Waals surface area contributed by atoms with Crippen LogP contribution >= 0.6 is 0 Å². The lowest BCUT2D eigenvalue weighted by molar-refractivity contribution is -0.212. The Balaban J connectivity index is 1.32. The molecule has 0 radical (unpaired) electrons. The van der Waals surface area contributed by atoms with Gasteiger partial charge in [0, 0.05) is 49.7 Å². The van der Waals surface area contributed by atoms with Crippen molar-refractivity contribution in [3.63, 3.8) is 0 Å². The fourth-order valence-electron chi connectivity index (χ4n) is 5.66. The average Bonchev–Trinajstić information content (AvgIpc) is 3.67. The van der Waals surface area contributed by atoms with Crippen molar-refractivity contribution >= 4 is 6.09 Å². The number of halogens is 2. The van der Waals surface area contributed by atoms with E-state index in [2.05, 4.69) is 15.5 Å². The predicted octanol–water partition coefficient (Wildman–Crippen LogP) is 2.78. The summed E-state index contributed by atoms with van der Waals surface area (Å²) in [6.07, 6.45) is -0.792. The third kappa shape index (κ3) is 6.02. The van der Waals surface area contributed by atoms with Crippen molar-refractivity contribution in [2.75, 3.05) is 33.4 Å². The van der Waals surface area contributed by atoms with Crippen LogP contribution in [-0.2, 0) is 20.6 Å². The number of ether oxygens (including phenoxy) is 3. The molecule has 0 spiro atoms. The van der Waals surface area contributed by atoms with E-state index in [0.717, 1.165) is 0 Å². The molecule has 1 amide bonds. The fourth-order valence-corrected chi connectivity index (χ4v) is 5.66. The van der Waals surface area contributed by atoms with Gasteiger partial charge in [0.2, 0.25) is 0 Å². The number of aromatic nitrogens is 4. The molecule has 2 aromatic heterocycles. The number of hydrogen-bond acceptors (Lipinski definition) is 10. The van der Waals surface area contributed by atoms with Gasteiger partial charge in [0.1, 0.15) is 47.4 Å². The van der Waals surface area contributed by atoms with Crippen LogP contribution in [0.15, 0.2) is 28.9 Å². The Kier molecular flexibility index (Phi) is 9.16. The van der Waals surface area contributed by atoms with E-state index in [1.807, 2.05) is 6.07 Å². The highest BCUT2D eigenvalue weighted by Gasteiger charge is 2.47. The van der Waals surface area contributed by atoms with Crippen molar-refractivity contribution in [2.24, 2.45) is 0 Å². The molecule has 12 nitrogen and oxygen atoms in total. The number of rotatable bonds is 8. The highest BCUT2D eigenvalue weighted by atomic mass is 19.1. The zero-order valence-electron chi connectivity index (χ0n) is 23.7. The van der Waals surface area contributed by atoms with Gasteiger partial charge in [-0.15, -0.1) is 5.10 Å². The van der Waals surface area contributed by atoms with Gasteiger partial charge in [0.25, 0.3) is 0 Å². The molecular weight excluding hydrogens is 556 g/mol. The van der Waals surface area contributed by atoms with Gasteiger partial charge in [-0.1, -0.05) is 10.4 Å². The maximum Gasteiger partial charge on any atom is 0.409 e. The third-order valence-corrected chi connectivity index (χ3v) is 8.04. The van der Waals surface area contributed by atoms with E-state index in [0.29, 0.717) is 44.0 Å². The summed E-state index contributed by atoms with van der Waals surface area (Å²) in [4.78, 5) is 13.7. The van der Waals surface area contributed by atoms with E-state index < -0.39 is 48.7 Å². The van der Waals surface area contributed by atoms with Crippen molar-refractivity contribution in [2.45, 2.75) is 69.5 Å². The standard InChI is InChI=1S/C28H35F2N5O7/c1-4-40-28(38)34-7-5-16(6-8-34)22-11-18(32-42-22)12-23-27(39-3)25(26(37)24(14-36)41-23)35-13-21(31-33-35)17-9-19(29)15(2)20(30)10-17/h9-11,13,16,23-27,36-37H,4-8,12,14H2,1-3H3/t23-,24-,25+,26+,27+/m1/s1. The van der Waals surface area contributed by atoms with Crippen LogP contribution in [0.5, 0.6) is 0 Å². The van der Waals surface area contributed by atoms with E-state index in [4.69, 9.17) is 18.7 Å². The van der Waals surface area contributed by atoms with Gasteiger partial charge < -0.3 is 33.8 Å². The lowest BCUT2D eigenvalue weighted by Crippen LogP contribution is -2.57. The van der Waals surface area contributed by atoms with Crippen LogP contribution in [0.3, 0.4) is 0 Å².